The third-order valence-corrected chi connectivity index (χ3v) is 11.3. The molecule has 0 saturated carbocycles. The number of halogens is 15. The molecule has 27 heteroatoms. The smallest absolute Gasteiger partial charge is 0.338 e. The zero-order valence-corrected chi connectivity index (χ0v) is 36.1. The van der Waals surface area contributed by atoms with E-state index in [1.807, 2.05) is 0 Å². The van der Waals surface area contributed by atoms with Gasteiger partial charge in [-0.25, -0.2) is 110 Å². The van der Waals surface area contributed by atoms with Crippen LogP contribution in [0.15, 0.2) is 54.6 Å². The van der Waals surface area contributed by atoms with E-state index in [-0.39, 0.29) is 82.9 Å². The van der Waals surface area contributed by atoms with Gasteiger partial charge in [-0.1, -0.05) is 0 Å². The average Bonchev–Trinajstić information content (AvgIpc) is 3.41. The second-order valence-electron chi connectivity index (χ2n) is 15.7. The molecule has 0 aliphatic rings. The summed E-state index contributed by atoms with van der Waals surface area (Å²) in [6, 6.07) is 10.1. The molecule has 0 unspecified atom stereocenters. The molecular weight excluding hydrogens is 1040 g/mol. The van der Waals surface area contributed by atoms with Crippen LogP contribution in [0.2, 0.25) is 0 Å². The first-order valence-corrected chi connectivity index (χ1v) is 20.6. The number of fused-ring (bicyclic) bond motifs is 9. The van der Waals surface area contributed by atoms with Gasteiger partial charge in [-0.2, -0.15) is 0 Å². The molecule has 0 amide bonds. The molecule has 378 valence electrons. The summed E-state index contributed by atoms with van der Waals surface area (Å²) in [5.41, 5.74) is -6.73. The van der Waals surface area contributed by atoms with E-state index in [1.165, 1.54) is 18.2 Å². The summed E-state index contributed by atoms with van der Waals surface area (Å²) in [7, 11) is 0. The second kappa shape index (κ2) is 18.3. The fourth-order valence-electron chi connectivity index (χ4n) is 7.53. The predicted molar refractivity (Wildman–Crippen MR) is 224 cm³/mol. The normalized spacial score (nSPS) is 11.7. The highest BCUT2D eigenvalue weighted by Gasteiger charge is 2.30. The molecule has 0 aliphatic heterocycles. The van der Waals surface area contributed by atoms with E-state index < -0.39 is 142 Å². The maximum absolute atomic E-state index is 14.3. The molecule has 0 fully saturated rings. The number of ether oxygens (including phenoxy) is 3. The number of rotatable bonds is 9. The lowest BCUT2D eigenvalue weighted by atomic mass is 10.1. The molecule has 0 spiro atoms. The SMILES string of the molecule is O=C(OCc1c(F)c(F)c(F)c(F)c1F)c1ccc2nc3c4nc5cc(C(=O)OCc6c(F)c(F)c(F)c(F)c6F)ccc5nc4c4nc5cc(C(=O)OCc6c(F)c(F)c(F)c(F)c6F)ccc5nc4c3nc2c1. The first-order valence-electron chi connectivity index (χ1n) is 20.6. The van der Waals surface area contributed by atoms with Crippen molar-refractivity contribution >= 4 is 84.1 Å². The summed E-state index contributed by atoms with van der Waals surface area (Å²) >= 11 is 0. The molecule has 75 heavy (non-hydrogen) atoms. The summed E-state index contributed by atoms with van der Waals surface area (Å²) < 4.78 is 224. The van der Waals surface area contributed by atoms with Crippen molar-refractivity contribution in [2.45, 2.75) is 19.8 Å². The van der Waals surface area contributed by atoms with Gasteiger partial charge in [-0.15, -0.1) is 0 Å². The van der Waals surface area contributed by atoms with E-state index in [2.05, 4.69) is 29.9 Å². The Balaban J connectivity index is 1.07. The van der Waals surface area contributed by atoms with Crippen LogP contribution in [0.5, 0.6) is 0 Å². The standard InChI is InChI=1S/C48H15F15N6O6/c49-25-16(26(50)32(56)37(61)31(25)55)10-73-46(70)13-1-4-19-22(7-13)67-43-40(64-19)44-42(66-20-5-2-14(8-23(20)68-44)47(71)74-11-17-27(51)33(57)38(62)34(58)28(17)52)45-41(43)65-21-6-3-15(9-24(21)69-45)48(72)75-12-18-29(53)35(59)39(63)36(60)30(18)54/h1-9H,10-12H2. The number of aromatic nitrogens is 6. The van der Waals surface area contributed by atoms with Gasteiger partial charge >= 0.3 is 17.9 Å². The molecule has 3 aromatic heterocycles. The zero-order valence-electron chi connectivity index (χ0n) is 36.1. The first kappa shape index (κ1) is 49.3. The Morgan fingerprint density at radius 1 is 0.280 bits per heavy atom. The van der Waals surface area contributed by atoms with Crippen molar-refractivity contribution in [1.29, 1.82) is 0 Å². The molecule has 0 N–H and O–H groups in total. The zero-order chi connectivity index (χ0) is 53.6. The third-order valence-electron chi connectivity index (χ3n) is 11.3. The topological polar surface area (TPSA) is 156 Å². The molecule has 0 aliphatic carbocycles. The Morgan fingerprint density at radius 3 is 0.680 bits per heavy atom. The quantitative estimate of drug-likeness (QED) is 0.0257. The second-order valence-corrected chi connectivity index (χ2v) is 15.7. The van der Waals surface area contributed by atoms with E-state index in [4.69, 9.17) is 14.2 Å². The van der Waals surface area contributed by atoms with Gasteiger partial charge in [0, 0.05) is 0 Å². The molecule has 3 heterocycles. The average molecular weight is 1060 g/mol. The van der Waals surface area contributed by atoms with Gasteiger partial charge < -0.3 is 14.2 Å². The van der Waals surface area contributed by atoms with Crippen molar-refractivity contribution < 1.29 is 94.5 Å². The number of carbonyl (C=O) groups is 3. The van der Waals surface area contributed by atoms with Crippen LogP contribution in [0.25, 0.3) is 66.2 Å². The van der Waals surface area contributed by atoms with Gasteiger partial charge in [0.15, 0.2) is 69.8 Å². The Morgan fingerprint density at radius 2 is 0.467 bits per heavy atom. The number of esters is 3. The van der Waals surface area contributed by atoms with Crippen LogP contribution in [0.1, 0.15) is 47.8 Å². The van der Waals surface area contributed by atoms with E-state index in [1.54, 1.807) is 0 Å². The van der Waals surface area contributed by atoms with Crippen LogP contribution < -0.4 is 0 Å². The fraction of sp³-hybridized carbons (Fsp3) is 0.0625. The van der Waals surface area contributed by atoms with Crippen molar-refractivity contribution in [2.75, 3.05) is 0 Å². The van der Waals surface area contributed by atoms with Crippen molar-refractivity contribution in [3.63, 3.8) is 0 Å². The summed E-state index contributed by atoms with van der Waals surface area (Å²) in [5.74, 6) is -38.5. The molecular formula is C48H15F15N6O6. The Labute approximate surface area is 403 Å². The lowest BCUT2D eigenvalue weighted by Gasteiger charge is -2.12. The van der Waals surface area contributed by atoms with Gasteiger partial charge in [0.1, 0.15) is 52.9 Å². The molecule has 7 aromatic carbocycles. The van der Waals surface area contributed by atoms with Gasteiger partial charge in [0.25, 0.3) is 0 Å². The number of benzene rings is 7. The maximum atomic E-state index is 14.3. The van der Waals surface area contributed by atoms with Crippen LogP contribution in [0, 0.1) is 87.3 Å². The van der Waals surface area contributed by atoms with Gasteiger partial charge in [0.05, 0.1) is 66.5 Å². The van der Waals surface area contributed by atoms with Gasteiger partial charge in [-0.05, 0) is 54.6 Å². The first-order chi connectivity index (χ1) is 35.6. The molecule has 10 aromatic rings. The number of carbonyl (C=O) groups excluding carboxylic acids is 3. The molecule has 12 nitrogen and oxygen atoms in total. The van der Waals surface area contributed by atoms with Gasteiger partial charge in [-0.3, -0.25) is 0 Å². The molecule has 0 atom stereocenters. The van der Waals surface area contributed by atoms with Crippen molar-refractivity contribution in [1.82, 2.24) is 29.9 Å². The highest BCUT2D eigenvalue weighted by Crippen LogP contribution is 2.35. The minimum Gasteiger partial charge on any atom is -0.457 e. The van der Waals surface area contributed by atoms with Crippen LogP contribution in [0.3, 0.4) is 0 Å². The van der Waals surface area contributed by atoms with E-state index >= 15 is 0 Å². The van der Waals surface area contributed by atoms with Crippen LogP contribution in [-0.2, 0) is 34.0 Å². The van der Waals surface area contributed by atoms with Crippen molar-refractivity contribution in [3.05, 3.63) is 175 Å². The van der Waals surface area contributed by atoms with Crippen molar-refractivity contribution in [2.24, 2.45) is 0 Å². The summed E-state index contributed by atoms with van der Waals surface area (Å²) in [4.78, 5) is 67.0. The summed E-state index contributed by atoms with van der Waals surface area (Å²) in [5, 5.41) is 0. The number of hydrogen-bond acceptors (Lipinski definition) is 12. The largest absolute Gasteiger partial charge is 0.457 e. The fourth-order valence-corrected chi connectivity index (χ4v) is 7.53. The Hall–Kier alpha value is -9.30. The van der Waals surface area contributed by atoms with Crippen molar-refractivity contribution in [3.8, 4) is 0 Å². The van der Waals surface area contributed by atoms with Crippen LogP contribution >= 0.6 is 0 Å². The summed E-state index contributed by atoms with van der Waals surface area (Å²) in [6.45, 7) is -4.23. The Kier molecular flexibility index (Phi) is 12.0. The summed E-state index contributed by atoms with van der Waals surface area (Å²) in [6.07, 6.45) is 0. The van der Waals surface area contributed by atoms with Crippen LogP contribution in [0.4, 0.5) is 65.9 Å². The van der Waals surface area contributed by atoms with E-state index in [0.717, 1.165) is 36.4 Å². The number of hydrogen-bond donors (Lipinski definition) is 0. The minimum absolute atomic E-state index is 0.00500. The molecule has 10 rings (SSSR count). The molecule has 0 radical (unpaired) electrons. The minimum atomic E-state index is -2.44. The highest BCUT2D eigenvalue weighted by molar-refractivity contribution is 6.21. The lowest BCUT2D eigenvalue weighted by Crippen LogP contribution is -2.12. The van der Waals surface area contributed by atoms with Crippen LogP contribution in [-0.4, -0.2) is 47.8 Å². The van der Waals surface area contributed by atoms with E-state index in [9.17, 15) is 80.2 Å². The Bertz CT molecular complexity index is 3700. The highest BCUT2D eigenvalue weighted by atomic mass is 19.2. The number of nitrogens with zero attached hydrogens (tertiary/aromatic N) is 6. The van der Waals surface area contributed by atoms with Gasteiger partial charge in [0.2, 0.25) is 17.5 Å². The maximum Gasteiger partial charge on any atom is 0.338 e. The third kappa shape index (κ3) is 8.15. The monoisotopic (exact) mass is 1060 g/mol. The van der Waals surface area contributed by atoms with E-state index in [0.29, 0.717) is 0 Å². The molecule has 0 saturated heterocycles. The molecule has 0 bridgehead atoms. The lowest BCUT2D eigenvalue weighted by molar-refractivity contribution is 0.0453. The predicted octanol–water partition coefficient (Wildman–Crippen LogP) is 11.1.